The predicted molar refractivity (Wildman–Crippen MR) is 80.5 cm³/mol. The van der Waals surface area contributed by atoms with Gasteiger partial charge in [-0.3, -0.25) is 14.5 Å². The minimum atomic E-state index is -0.333. The second kappa shape index (κ2) is 5.40. The molecule has 2 aliphatic rings. The third kappa shape index (κ3) is 2.40. The summed E-state index contributed by atoms with van der Waals surface area (Å²) in [7, 11) is 5.41. The normalized spacial score (nSPS) is 24.1. The van der Waals surface area contributed by atoms with E-state index in [2.05, 4.69) is 5.32 Å². The van der Waals surface area contributed by atoms with E-state index in [0.717, 1.165) is 0 Å². The lowest BCUT2D eigenvalue weighted by molar-refractivity contribution is -0.187. The summed E-state index contributed by atoms with van der Waals surface area (Å²) in [5.74, 6) is -0.00813. The Morgan fingerprint density at radius 2 is 2.05 bits per heavy atom. The highest BCUT2D eigenvalue weighted by Crippen LogP contribution is 2.31. The van der Waals surface area contributed by atoms with Gasteiger partial charge in [0.15, 0.2) is 0 Å². The number of likely N-dealkylation sites (tertiary alicyclic amines) is 1. The monoisotopic (exact) mass is 306 g/mol. The molecule has 2 saturated heterocycles. The molecule has 0 bridgehead atoms. The van der Waals surface area contributed by atoms with Crippen molar-refractivity contribution in [3.05, 3.63) is 24.0 Å². The van der Waals surface area contributed by atoms with E-state index in [4.69, 9.17) is 4.74 Å². The maximum Gasteiger partial charge on any atom is 0.270 e. The molecule has 1 spiro atoms. The molecule has 2 fully saturated rings. The van der Waals surface area contributed by atoms with E-state index in [1.807, 2.05) is 41.9 Å². The van der Waals surface area contributed by atoms with Gasteiger partial charge in [0.2, 0.25) is 5.91 Å². The van der Waals surface area contributed by atoms with Gasteiger partial charge < -0.3 is 19.5 Å². The van der Waals surface area contributed by atoms with Gasteiger partial charge in [-0.2, -0.15) is 0 Å². The van der Waals surface area contributed by atoms with Crippen LogP contribution in [0.2, 0.25) is 0 Å². The number of carbonyl (C=O) groups excluding carboxylic acids is 2. The van der Waals surface area contributed by atoms with Gasteiger partial charge in [-0.15, -0.1) is 0 Å². The van der Waals surface area contributed by atoms with E-state index in [0.29, 0.717) is 31.9 Å². The van der Waals surface area contributed by atoms with Crippen molar-refractivity contribution in [2.24, 2.45) is 7.05 Å². The molecule has 1 aromatic heterocycles. The molecule has 2 aliphatic heterocycles. The predicted octanol–water partition coefficient (Wildman–Crippen LogP) is -0.704. The third-order valence-electron chi connectivity index (χ3n) is 4.57. The van der Waals surface area contributed by atoms with E-state index in [1.165, 1.54) is 0 Å². The van der Waals surface area contributed by atoms with Crippen LogP contribution in [0.1, 0.15) is 10.5 Å². The van der Waals surface area contributed by atoms with E-state index >= 15 is 0 Å². The second-order valence-corrected chi connectivity index (χ2v) is 6.20. The number of ether oxygens (including phenoxy) is 1. The molecule has 0 saturated carbocycles. The number of nitrogens with one attached hydrogen (secondary N) is 1. The smallest absolute Gasteiger partial charge is 0.270 e. The average Bonchev–Trinajstić information content (AvgIpc) is 2.89. The molecule has 7 heteroatoms. The summed E-state index contributed by atoms with van der Waals surface area (Å²) >= 11 is 0. The largest absolute Gasteiger partial charge is 0.368 e. The van der Waals surface area contributed by atoms with Crippen LogP contribution in [0.15, 0.2) is 18.3 Å². The molecule has 0 aliphatic carbocycles. The Morgan fingerprint density at radius 3 is 2.59 bits per heavy atom. The summed E-state index contributed by atoms with van der Waals surface area (Å²) in [6.45, 7) is 2.16. The van der Waals surface area contributed by atoms with Crippen molar-refractivity contribution in [1.82, 2.24) is 19.7 Å². The summed E-state index contributed by atoms with van der Waals surface area (Å²) in [6.07, 6.45) is 1.86. The lowest BCUT2D eigenvalue weighted by Crippen LogP contribution is -2.73. The van der Waals surface area contributed by atoms with Gasteiger partial charge in [0.05, 0.1) is 19.7 Å². The molecule has 22 heavy (non-hydrogen) atoms. The van der Waals surface area contributed by atoms with Gasteiger partial charge in [0.1, 0.15) is 17.3 Å². The number of amides is 2. The molecule has 1 aromatic rings. The van der Waals surface area contributed by atoms with Crippen LogP contribution in [0.5, 0.6) is 0 Å². The lowest BCUT2D eigenvalue weighted by atomic mass is 9.90. The number of nitrogens with zero attached hydrogens (tertiary/aromatic N) is 3. The number of likely N-dealkylation sites (N-methyl/N-ethyl adjacent to an activating group) is 2. The molecule has 3 rings (SSSR count). The topological polar surface area (TPSA) is 66.8 Å². The molecule has 0 aromatic carbocycles. The highest BCUT2D eigenvalue weighted by molar-refractivity contribution is 5.93. The Kier molecular flexibility index (Phi) is 3.70. The number of aryl methyl sites for hydroxylation is 1. The molecule has 1 unspecified atom stereocenters. The molecule has 2 amide bonds. The third-order valence-corrected chi connectivity index (χ3v) is 4.57. The number of carbonyl (C=O) groups is 2. The van der Waals surface area contributed by atoms with Crippen LogP contribution >= 0.6 is 0 Å². The van der Waals surface area contributed by atoms with Crippen molar-refractivity contribution in [2.45, 2.75) is 11.6 Å². The summed E-state index contributed by atoms with van der Waals surface area (Å²) in [5.41, 5.74) is 0.349. The van der Waals surface area contributed by atoms with Crippen LogP contribution in [0.4, 0.5) is 0 Å². The lowest BCUT2D eigenvalue weighted by Gasteiger charge is -2.54. The number of morpholine rings is 1. The summed E-state index contributed by atoms with van der Waals surface area (Å²) < 4.78 is 7.75. The van der Waals surface area contributed by atoms with Crippen molar-refractivity contribution in [2.75, 3.05) is 40.3 Å². The minimum Gasteiger partial charge on any atom is -0.368 e. The maximum absolute atomic E-state index is 12.4. The molecule has 3 heterocycles. The summed E-state index contributed by atoms with van der Waals surface area (Å²) in [6, 6.07) is 3.43. The average molecular weight is 306 g/mol. The number of hydrogen-bond donors (Lipinski definition) is 1. The zero-order chi connectivity index (χ0) is 15.9. The van der Waals surface area contributed by atoms with E-state index in [9.17, 15) is 9.59 Å². The van der Waals surface area contributed by atoms with Crippen molar-refractivity contribution < 1.29 is 14.3 Å². The number of rotatable bonds is 2. The van der Waals surface area contributed by atoms with E-state index in [-0.39, 0.29) is 23.5 Å². The van der Waals surface area contributed by atoms with Crippen LogP contribution in [0.25, 0.3) is 0 Å². The first-order valence-corrected chi connectivity index (χ1v) is 7.42. The zero-order valence-corrected chi connectivity index (χ0v) is 13.2. The summed E-state index contributed by atoms with van der Waals surface area (Å²) in [5, 5.41) is 2.65. The molecule has 7 nitrogen and oxygen atoms in total. The molecular formula is C15H22N4O3. The first kappa shape index (κ1) is 15.1. The van der Waals surface area contributed by atoms with E-state index in [1.54, 1.807) is 11.9 Å². The second-order valence-electron chi connectivity index (χ2n) is 6.20. The first-order valence-electron chi connectivity index (χ1n) is 7.42. The van der Waals surface area contributed by atoms with Gasteiger partial charge in [-0.25, -0.2) is 0 Å². The van der Waals surface area contributed by atoms with E-state index < -0.39 is 0 Å². The fourth-order valence-electron chi connectivity index (χ4n) is 3.27. The Morgan fingerprint density at radius 1 is 1.32 bits per heavy atom. The Labute approximate surface area is 129 Å². The Bertz CT molecular complexity index is 591. The van der Waals surface area contributed by atoms with Gasteiger partial charge in [-0.05, 0) is 19.2 Å². The van der Waals surface area contributed by atoms with Crippen LogP contribution in [0, 0.1) is 0 Å². The Hall–Kier alpha value is -1.86. The zero-order valence-electron chi connectivity index (χ0n) is 13.2. The maximum atomic E-state index is 12.4. The fourth-order valence-corrected chi connectivity index (χ4v) is 3.27. The Balaban J connectivity index is 1.60. The van der Waals surface area contributed by atoms with Gasteiger partial charge in [0.25, 0.3) is 5.91 Å². The van der Waals surface area contributed by atoms with Crippen LogP contribution in [-0.4, -0.2) is 78.2 Å². The highest BCUT2D eigenvalue weighted by atomic mass is 16.5. The molecule has 0 radical (unpaired) electrons. The standard InChI is InChI=1S/C15H22N4O3/c1-16-13(20)12-7-22-15(8-18(12)3)9-19(10-15)14(21)11-5-4-6-17(11)2/h4-6,12H,7-10H2,1-3H3,(H,16,20). The fraction of sp³-hybridized carbons (Fsp3) is 0.600. The van der Waals surface area contributed by atoms with Crippen LogP contribution in [0.3, 0.4) is 0 Å². The number of hydrogen-bond acceptors (Lipinski definition) is 4. The van der Waals surface area contributed by atoms with Crippen molar-refractivity contribution >= 4 is 11.8 Å². The van der Waals surface area contributed by atoms with Crippen molar-refractivity contribution in [3.8, 4) is 0 Å². The molecule has 120 valence electrons. The van der Waals surface area contributed by atoms with Crippen molar-refractivity contribution in [3.63, 3.8) is 0 Å². The highest BCUT2D eigenvalue weighted by Gasteiger charge is 2.51. The van der Waals surface area contributed by atoms with Crippen molar-refractivity contribution in [1.29, 1.82) is 0 Å². The SMILES string of the molecule is CNC(=O)C1COC2(CN(C(=O)c3cccn3C)C2)CN1C. The molecule has 1 N–H and O–H groups in total. The molecular weight excluding hydrogens is 284 g/mol. The van der Waals surface area contributed by atoms with Gasteiger partial charge in [0, 0.05) is 26.8 Å². The number of aromatic nitrogens is 1. The van der Waals surface area contributed by atoms with Gasteiger partial charge >= 0.3 is 0 Å². The quantitative estimate of drug-likeness (QED) is 0.784. The van der Waals surface area contributed by atoms with Crippen LogP contribution < -0.4 is 5.32 Å². The van der Waals surface area contributed by atoms with Crippen LogP contribution in [-0.2, 0) is 16.6 Å². The minimum absolute atomic E-state index is 0.0257. The molecule has 1 atom stereocenters. The van der Waals surface area contributed by atoms with Gasteiger partial charge in [-0.1, -0.05) is 0 Å². The summed E-state index contributed by atoms with van der Waals surface area (Å²) in [4.78, 5) is 28.0. The first-order chi connectivity index (χ1) is 10.5.